The van der Waals surface area contributed by atoms with E-state index >= 15 is 0 Å². The molecule has 0 aromatic carbocycles. The minimum absolute atomic E-state index is 0.566. The van der Waals surface area contributed by atoms with E-state index in [0.29, 0.717) is 6.54 Å². The van der Waals surface area contributed by atoms with Crippen LogP contribution in [0.15, 0.2) is 24.5 Å². The molecule has 1 rings (SSSR count). The molecule has 0 radical (unpaired) electrons. The standard InChI is InChI=1S/C10H15N3O2/c1-13-8-7-12-9(13)4-6-11-5-2-3-10(14)15/h2-3,7-8,11H,4-6H2,1H3,(H,14,15)/b3-2+. The van der Waals surface area contributed by atoms with Gasteiger partial charge < -0.3 is 15.0 Å². The summed E-state index contributed by atoms with van der Waals surface area (Å²) < 4.78 is 1.97. The van der Waals surface area contributed by atoms with Gasteiger partial charge in [-0.1, -0.05) is 6.08 Å². The molecule has 1 aromatic heterocycles. The van der Waals surface area contributed by atoms with Gasteiger partial charge in [0, 0.05) is 45.0 Å². The molecular weight excluding hydrogens is 194 g/mol. The molecule has 1 heterocycles. The summed E-state index contributed by atoms with van der Waals surface area (Å²) >= 11 is 0. The van der Waals surface area contributed by atoms with Gasteiger partial charge in [-0.2, -0.15) is 0 Å². The summed E-state index contributed by atoms with van der Waals surface area (Å²) in [6.45, 7) is 1.35. The topological polar surface area (TPSA) is 67.2 Å². The molecule has 1 aromatic rings. The summed E-state index contributed by atoms with van der Waals surface area (Å²) in [5.74, 6) is 0.102. The van der Waals surface area contributed by atoms with E-state index in [1.165, 1.54) is 0 Å². The lowest BCUT2D eigenvalue weighted by atomic mass is 10.4. The molecule has 82 valence electrons. The largest absolute Gasteiger partial charge is 0.478 e. The van der Waals surface area contributed by atoms with Crippen LogP contribution in [0.2, 0.25) is 0 Å². The zero-order chi connectivity index (χ0) is 11.1. The fourth-order valence-electron chi connectivity index (χ4n) is 1.18. The van der Waals surface area contributed by atoms with E-state index in [1.54, 1.807) is 12.3 Å². The molecule has 0 saturated carbocycles. The second-order valence-corrected chi connectivity index (χ2v) is 3.15. The molecule has 0 unspecified atom stereocenters. The third-order valence-electron chi connectivity index (χ3n) is 1.97. The maximum Gasteiger partial charge on any atom is 0.328 e. The lowest BCUT2D eigenvalue weighted by Gasteiger charge is -2.01. The van der Waals surface area contributed by atoms with Crippen molar-refractivity contribution in [1.82, 2.24) is 14.9 Å². The number of aromatic nitrogens is 2. The number of imidazole rings is 1. The molecule has 0 aliphatic heterocycles. The first kappa shape index (κ1) is 11.5. The number of hydrogen-bond donors (Lipinski definition) is 2. The third-order valence-corrected chi connectivity index (χ3v) is 1.97. The van der Waals surface area contributed by atoms with Crippen LogP contribution in [0.4, 0.5) is 0 Å². The summed E-state index contributed by atoms with van der Waals surface area (Å²) in [6.07, 6.45) is 7.22. The first-order chi connectivity index (χ1) is 7.20. The van der Waals surface area contributed by atoms with Crippen molar-refractivity contribution in [2.45, 2.75) is 6.42 Å². The first-order valence-electron chi connectivity index (χ1n) is 4.76. The molecule has 0 amide bonds. The van der Waals surface area contributed by atoms with Crippen LogP contribution in [0, 0.1) is 0 Å². The van der Waals surface area contributed by atoms with Crippen molar-refractivity contribution in [3.63, 3.8) is 0 Å². The summed E-state index contributed by atoms with van der Waals surface area (Å²) in [5, 5.41) is 11.4. The van der Waals surface area contributed by atoms with Crippen LogP contribution in [0.25, 0.3) is 0 Å². The fraction of sp³-hybridized carbons (Fsp3) is 0.400. The van der Waals surface area contributed by atoms with Crippen molar-refractivity contribution >= 4 is 5.97 Å². The number of aliphatic carboxylic acids is 1. The minimum atomic E-state index is -0.916. The van der Waals surface area contributed by atoms with Gasteiger partial charge in [0.1, 0.15) is 5.82 Å². The van der Waals surface area contributed by atoms with Gasteiger partial charge in [-0.3, -0.25) is 0 Å². The number of nitrogens with zero attached hydrogens (tertiary/aromatic N) is 2. The Bertz CT molecular complexity index is 344. The van der Waals surface area contributed by atoms with Gasteiger partial charge in [0.05, 0.1) is 0 Å². The molecule has 0 spiro atoms. The maximum absolute atomic E-state index is 10.1. The van der Waals surface area contributed by atoms with Crippen LogP contribution in [-0.4, -0.2) is 33.7 Å². The van der Waals surface area contributed by atoms with Crippen molar-refractivity contribution in [1.29, 1.82) is 0 Å². The van der Waals surface area contributed by atoms with E-state index in [0.717, 1.165) is 24.9 Å². The highest BCUT2D eigenvalue weighted by Crippen LogP contribution is 1.93. The van der Waals surface area contributed by atoms with Crippen molar-refractivity contribution < 1.29 is 9.90 Å². The smallest absolute Gasteiger partial charge is 0.328 e. The molecule has 15 heavy (non-hydrogen) atoms. The molecule has 0 atom stereocenters. The Morgan fingerprint density at radius 2 is 2.53 bits per heavy atom. The van der Waals surface area contributed by atoms with E-state index in [-0.39, 0.29) is 0 Å². The van der Waals surface area contributed by atoms with Crippen LogP contribution >= 0.6 is 0 Å². The molecular formula is C10H15N3O2. The zero-order valence-corrected chi connectivity index (χ0v) is 8.68. The van der Waals surface area contributed by atoms with Gasteiger partial charge in [0.25, 0.3) is 0 Å². The van der Waals surface area contributed by atoms with Gasteiger partial charge in [-0.05, 0) is 0 Å². The van der Waals surface area contributed by atoms with Crippen LogP contribution in [0.3, 0.4) is 0 Å². The Morgan fingerprint density at radius 3 is 3.13 bits per heavy atom. The Hall–Kier alpha value is -1.62. The first-order valence-corrected chi connectivity index (χ1v) is 4.76. The quantitative estimate of drug-likeness (QED) is 0.518. The average molecular weight is 209 g/mol. The van der Waals surface area contributed by atoms with Gasteiger partial charge in [-0.15, -0.1) is 0 Å². The van der Waals surface area contributed by atoms with E-state index in [1.807, 2.05) is 17.8 Å². The number of carbonyl (C=O) groups is 1. The molecule has 0 aliphatic carbocycles. The Morgan fingerprint density at radius 1 is 1.73 bits per heavy atom. The van der Waals surface area contributed by atoms with Crippen LogP contribution < -0.4 is 5.32 Å². The highest BCUT2D eigenvalue weighted by atomic mass is 16.4. The minimum Gasteiger partial charge on any atom is -0.478 e. The Kier molecular flexibility index (Phi) is 4.56. The predicted octanol–water partition coefficient (Wildman–Crippen LogP) is 0.193. The lowest BCUT2D eigenvalue weighted by Crippen LogP contribution is -2.18. The van der Waals surface area contributed by atoms with Gasteiger partial charge >= 0.3 is 5.97 Å². The Balaban J connectivity index is 2.12. The van der Waals surface area contributed by atoms with Crippen LogP contribution in [0.1, 0.15) is 5.82 Å². The van der Waals surface area contributed by atoms with Crippen molar-refractivity contribution in [2.75, 3.05) is 13.1 Å². The summed E-state index contributed by atoms with van der Waals surface area (Å²) in [7, 11) is 1.95. The fourth-order valence-corrected chi connectivity index (χ4v) is 1.18. The Labute approximate surface area is 88.4 Å². The molecule has 0 bridgehead atoms. The second-order valence-electron chi connectivity index (χ2n) is 3.15. The molecule has 0 fully saturated rings. The SMILES string of the molecule is Cn1ccnc1CCNC/C=C/C(=O)O. The van der Waals surface area contributed by atoms with E-state index in [2.05, 4.69) is 10.3 Å². The van der Waals surface area contributed by atoms with E-state index in [9.17, 15) is 4.79 Å². The second kappa shape index (κ2) is 5.98. The number of nitrogens with one attached hydrogen (secondary N) is 1. The molecule has 0 aliphatic rings. The summed E-state index contributed by atoms with van der Waals surface area (Å²) in [4.78, 5) is 14.3. The number of aryl methyl sites for hydroxylation is 1. The number of carboxylic acid groups (broad SMARTS) is 1. The monoisotopic (exact) mass is 209 g/mol. The van der Waals surface area contributed by atoms with Gasteiger partial charge in [-0.25, -0.2) is 9.78 Å². The van der Waals surface area contributed by atoms with Crippen molar-refractivity contribution in [3.8, 4) is 0 Å². The average Bonchev–Trinajstić information content (AvgIpc) is 2.57. The highest BCUT2D eigenvalue weighted by Gasteiger charge is 1.96. The zero-order valence-electron chi connectivity index (χ0n) is 8.68. The normalized spacial score (nSPS) is 11.0. The number of rotatable bonds is 6. The molecule has 5 nitrogen and oxygen atoms in total. The molecule has 2 N–H and O–H groups in total. The van der Waals surface area contributed by atoms with Crippen LogP contribution in [0.5, 0.6) is 0 Å². The van der Waals surface area contributed by atoms with Gasteiger partial charge in [0.15, 0.2) is 0 Å². The summed E-state index contributed by atoms with van der Waals surface area (Å²) in [6, 6.07) is 0. The predicted molar refractivity (Wildman–Crippen MR) is 56.6 cm³/mol. The van der Waals surface area contributed by atoms with Gasteiger partial charge in [0.2, 0.25) is 0 Å². The van der Waals surface area contributed by atoms with E-state index < -0.39 is 5.97 Å². The number of hydrogen-bond acceptors (Lipinski definition) is 3. The maximum atomic E-state index is 10.1. The third kappa shape index (κ3) is 4.42. The van der Waals surface area contributed by atoms with Crippen molar-refractivity contribution in [2.24, 2.45) is 7.05 Å². The highest BCUT2D eigenvalue weighted by molar-refractivity contribution is 5.79. The molecule has 5 heteroatoms. The van der Waals surface area contributed by atoms with Crippen molar-refractivity contribution in [3.05, 3.63) is 30.4 Å². The molecule has 0 saturated heterocycles. The lowest BCUT2D eigenvalue weighted by molar-refractivity contribution is -0.131. The van der Waals surface area contributed by atoms with E-state index in [4.69, 9.17) is 5.11 Å². The summed E-state index contributed by atoms with van der Waals surface area (Å²) in [5.41, 5.74) is 0. The number of carboxylic acids is 1. The van der Waals surface area contributed by atoms with Crippen LogP contribution in [-0.2, 0) is 18.3 Å².